The van der Waals surface area contributed by atoms with Gasteiger partial charge >= 0.3 is 0 Å². The van der Waals surface area contributed by atoms with E-state index in [2.05, 4.69) is 145 Å². The van der Waals surface area contributed by atoms with Crippen LogP contribution < -0.4 is 0 Å². The lowest BCUT2D eigenvalue weighted by molar-refractivity contribution is 0.690. The van der Waals surface area contributed by atoms with Crippen LogP contribution in [0.2, 0.25) is 0 Å². The van der Waals surface area contributed by atoms with Crippen LogP contribution in [0, 0.1) is 5.92 Å². The molecule has 0 saturated carbocycles. The summed E-state index contributed by atoms with van der Waals surface area (Å²) in [5.74, 6) is 2.43. The molecule has 9 aromatic rings. The summed E-state index contributed by atoms with van der Waals surface area (Å²) in [6, 6.07) is 55.7. The molecule has 10 rings (SSSR count). The smallest absolute Gasteiger partial charge is 0.164 e. The number of hydrogen-bond acceptors (Lipinski definition) is 3. The summed E-state index contributed by atoms with van der Waals surface area (Å²) in [6.07, 6.45) is 5.68. The summed E-state index contributed by atoms with van der Waals surface area (Å²) in [5, 5.41) is 6.15. The maximum Gasteiger partial charge on any atom is 0.164 e. The van der Waals surface area contributed by atoms with Gasteiger partial charge in [0.25, 0.3) is 0 Å². The molecule has 1 unspecified atom stereocenters. The van der Waals surface area contributed by atoms with Crippen molar-refractivity contribution < 1.29 is 0 Å². The molecule has 52 heavy (non-hydrogen) atoms. The van der Waals surface area contributed by atoms with Gasteiger partial charge in [-0.25, -0.2) is 15.0 Å². The third-order valence-corrected chi connectivity index (χ3v) is 10.4. The highest BCUT2D eigenvalue weighted by molar-refractivity contribution is 6.05. The highest BCUT2D eigenvalue weighted by Crippen LogP contribution is 2.41. The zero-order valence-corrected chi connectivity index (χ0v) is 28.7. The minimum Gasteiger partial charge on any atom is -0.313 e. The molecule has 0 bridgehead atoms. The Balaban J connectivity index is 1.17. The first-order valence-corrected chi connectivity index (χ1v) is 17.9. The largest absolute Gasteiger partial charge is 0.313 e. The van der Waals surface area contributed by atoms with E-state index in [1.165, 1.54) is 38.3 Å². The molecule has 2 heterocycles. The van der Waals surface area contributed by atoms with Crippen molar-refractivity contribution in [1.29, 1.82) is 0 Å². The molecule has 246 valence electrons. The molecular weight excluding hydrogens is 633 g/mol. The van der Waals surface area contributed by atoms with E-state index in [9.17, 15) is 0 Å². The fraction of sp³-hybridized carbons (Fsp3) is 0.0625. The second-order valence-corrected chi connectivity index (χ2v) is 13.7. The van der Waals surface area contributed by atoms with Crippen LogP contribution in [0.25, 0.3) is 89.5 Å². The lowest BCUT2D eigenvalue weighted by atomic mass is 9.92. The Morgan fingerprint density at radius 2 is 1.12 bits per heavy atom. The van der Waals surface area contributed by atoms with E-state index in [1.54, 1.807) is 0 Å². The van der Waals surface area contributed by atoms with Crippen molar-refractivity contribution in [2.24, 2.45) is 5.92 Å². The Kier molecular flexibility index (Phi) is 7.14. The molecule has 0 spiro atoms. The second-order valence-electron chi connectivity index (χ2n) is 13.7. The number of hydrogen-bond donors (Lipinski definition) is 0. The van der Waals surface area contributed by atoms with Gasteiger partial charge in [-0.2, -0.15) is 0 Å². The Hall–Kier alpha value is -6.65. The van der Waals surface area contributed by atoms with Gasteiger partial charge in [0.15, 0.2) is 17.5 Å². The SMILES string of the molecule is CC1C=Cc2c(n(-c3ccc(-c4c(-c5nc(-c6ccccc6)nc(-c6ccccc6)n5)ccc5ccccc45)cc3)c3cc4ccccc4cc23)C1. The van der Waals surface area contributed by atoms with Crippen LogP contribution in [0.5, 0.6) is 0 Å². The average molecular weight is 667 g/mol. The molecule has 0 fully saturated rings. The van der Waals surface area contributed by atoms with E-state index in [0.29, 0.717) is 23.4 Å². The van der Waals surface area contributed by atoms with Crippen LogP contribution in [0.4, 0.5) is 0 Å². The van der Waals surface area contributed by atoms with E-state index in [4.69, 9.17) is 15.0 Å². The molecule has 2 aromatic heterocycles. The Labute approximate surface area is 302 Å². The lowest BCUT2D eigenvalue weighted by Crippen LogP contribution is -2.08. The van der Waals surface area contributed by atoms with Crippen molar-refractivity contribution in [3.05, 3.63) is 175 Å². The summed E-state index contributed by atoms with van der Waals surface area (Å²) in [6.45, 7) is 2.30. The minimum atomic E-state index is 0.476. The number of nitrogens with zero attached hydrogens (tertiary/aromatic N) is 4. The van der Waals surface area contributed by atoms with Gasteiger partial charge in [-0.15, -0.1) is 0 Å². The first kappa shape index (κ1) is 30.2. The Morgan fingerprint density at radius 3 is 1.81 bits per heavy atom. The summed E-state index contributed by atoms with van der Waals surface area (Å²) < 4.78 is 2.48. The number of fused-ring (bicyclic) bond motifs is 5. The van der Waals surface area contributed by atoms with Gasteiger partial charge in [-0.05, 0) is 69.8 Å². The Bertz CT molecular complexity index is 2760. The highest BCUT2D eigenvalue weighted by Gasteiger charge is 2.23. The lowest BCUT2D eigenvalue weighted by Gasteiger charge is -2.18. The van der Waals surface area contributed by atoms with Crippen molar-refractivity contribution in [2.75, 3.05) is 0 Å². The quantitative estimate of drug-likeness (QED) is 0.184. The van der Waals surface area contributed by atoms with Gasteiger partial charge in [0.2, 0.25) is 0 Å². The molecule has 0 N–H and O–H groups in total. The zero-order valence-electron chi connectivity index (χ0n) is 28.7. The highest BCUT2D eigenvalue weighted by atomic mass is 15.0. The summed E-state index contributed by atoms with van der Waals surface area (Å²) in [4.78, 5) is 15.2. The van der Waals surface area contributed by atoms with Crippen LogP contribution in [0.1, 0.15) is 18.2 Å². The van der Waals surface area contributed by atoms with Crippen molar-refractivity contribution in [3.8, 4) is 51.0 Å². The molecule has 1 aliphatic carbocycles. The van der Waals surface area contributed by atoms with Gasteiger partial charge in [0.1, 0.15) is 0 Å². The number of rotatable bonds is 5. The normalized spacial score (nSPS) is 13.9. The molecule has 0 amide bonds. The topological polar surface area (TPSA) is 43.6 Å². The average Bonchev–Trinajstić information content (AvgIpc) is 3.52. The van der Waals surface area contributed by atoms with Crippen LogP contribution in [0.3, 0.4) is 0 Å². The van der Waals surface area contributed by atoms with Gasteiger partial charge < -0.3 is 4.57 Å². The monoisotopic (exact) mass is 666 g/mol. The number of benzene rings is 7. The molecule has 1 aliphatic rings. The predicted molar refractivity (Wildman–Crippen MR) is 215 cm³/mol. The van der Waals surface area contributed by atoms with Gasteiger partial charge in [-0.1, -0.05) is 146 Å². The molecule has 0 aliphatic heterocycles. The number of aromatic nitrogens is 4. The second kappa shape index (κ2) is 12.3. The standard InChI is InChI=1S/C48H34N4/c1-31-20-26-40-42-29-36-17-8-9-18-37(36)30-44(42)52(43(40)28-31)38-24-21-33(22-25-38)45-39-19-11-10-12-32(39)23-27-41(45)48-50-46(34-13-4-2-5-14-34)49-47(51-48)35-15-6-3-7-16-35/h2-27,29-31H,28H2,1H3. The summed E-state index contributed by atoms with van der Waals surface area (Å²) >= 11 is 0. The van der Waals surface area contributed by atoms with Crippen molar-refractivity contribution in [1.82, 2.24) is 19.5 Å². The molecule has 0 radical (unpaired) electrons. The van der Waals surface area contributed by atoms with E-state index in [-0.39, 0.29) is 0 Å². The van der Waals surface area contributed by atoms with E-state index >= 15 is 0 Å². The van der Waals surface area contributed by atoms with Gasteiger partial charge in [-0.3, -0.25) is 0 Å². The predicted octanol–water partition coefficient (Wildman–Crippen LogP) is 12.0. The number of allylic oxidation sites excluding steroid dienone is 1. The molecular formula is C48H34N4. The Morgan fingerprint density at radius 1 is 0.519 bits per heavy atom. The molecule has 0 saturated heterocycles. The van der Waals surface area contributed by atoms with Crippen LogP contribution in [-0.2, 0) is 6.42 Å². The maximum atomic E-state index is 5.13. The minimum absolute atomic E-state index is 0.476. The van der Waals surface area contributed by atoms with Gasteiger partial charge in [0, 0.05) is 44.6 Å². The van der Waals surface area contributed by atoms with Gasteiger partial charge in [0.05, 0.1) is 5.52 Å². The molecule has 4 heteroatoms. The van der Waals surface area contributed by atoms with Crippen molar-refractivity contribution in [3.63, 3.8) is 0 Å². The van der Waals surface area contributed by atoms with Crippen LogP contribution in [-0.4, -0.2) is 19.5 Å². The zero-order chi connectivity index (χ0) is 34.6. The van der Waals surface area contributed by atoms with E-state index in [1.807, 2.05) is 36.4 Å². The fourth-order valence-electron chi connectivity index (χ4n) is 7.84. The third kappa shape index (κ3) is 5.11. The fourth-order valence-corrected chi connectivity index (χ4v) is 7.84. The first-order valence-electron chi connectivity index (χ1n) is 17.9. The summed E-state index contributed by atoms with van der Waals surface area (Å²) in [5.41, 5.74) is 10.2. The third-order valence-electron chi connectivity index (χ3n) is 10.4. The molecule has 1 atom stereocenters. The van der Waals surface area contributed by atoms with Crippen LogP contribution >= 0.6 is 0 Å². The first-order chi connectivity index (χ1) is 25.7. The van der Waals surface area contributed by atoms with Crippen molar-refractivity contribution in [2.45, 2.75) is 13.3 Å². The summed E-state index contributed by atoms with van der Waals surface area (Å²) in [7, 11) is 0. The maximum absolute atomic E-state index is 5.13. The van der Waals surface area contributed by atoms with Crippen molar-refractivity contribution >= 4 is 38.5 Å². The van der Waals surface area contributed by atoms with E-state index < -0.39 is 0 Å². The molecule has 7 aromatic carbocycles. The van der Waals surface area contributed by atoms with E-state index in [0.717, 1.165) is 45.3 Å². The van der Waals surface area contributed by atoms with Crippen LogP contribution in [0.15, 0.2) is 164 Å². The molecule has 4 nitrogen and oxygen atoms in total.